The van der Waals surface area contributed by atoms with E-state index in [1.54, 1.807) is 0 Å². The Bertz CT molecular complexity index is 5720. The first kappa shape index (κ1) is 48.5. The molecule has 0 amide bonds. The number of aromatic nitrogens is 7. The van der Waals surface area contributed by atoms with Crippen LogP contribution in [0.4, 0.5) is 0 Å². The van der Waals surface area contributed by atoms with E-state index < -0.39 is 0 Å². The first-order valence-electron chi connectivity index (χ1n) is 28.6. The van der Waals surface area contributed by atoms with Crippen LogP contribution in [-0.4, -0.2) is 33.2 Å². The Morgan fingerprint density at radius 1 is 0.267 bits per heavy atom. The summed E-state index contributed by atoms with van der Waals surface area (Å²) in [5, 5.41) is 29.7. The molecule has 86 heavy (non-hydrogen) atoms. The summed E-state index contributed by atoms with van der Waals surface area (Å²) in [7, 11) is 0. The summed E-state index contributed by atoms with van der Waals surface area (Å²) in [6.07, 6.45) is 0. The number of rotatable bonds is 8. The fourth-order valence-corrected chi connectivity index (χ4v) is 13.4. The molecule has 9 heteroatoms. The van der Waals surface area contributed by atoms with Gasteiger partial charge in [-0.2, -0.15) is 10.5 Å². The van der Waals surface area contributed by atoms with Gasteiger partial charge in [-0.1, -0.05) is 170 Å². The second-order valence-corrected chi connectivity index (χ2v) is 21.7. The minimum atomic E-state index is 0.435. The van der Waals surface area contributed by atoms with Crippen molar-refractivity contribution in [1.29, 1.82) is 10.5 Å². The lowest BCUT2D eigenvalue weighted by molar-refractivity contribution is 1.06. The van der Waals surface area contributed by atoms with Crippen molar-refractivity contribution in [2.45, 2.75) is 0 Å². The molecular formula is C77H45N9. The van der Waals surface area contributed by atoms with Gasteiger partial charge in [-0.3, -0.25) is 0 Å². The van der Waals surface area contributed by atoms with Crippen LogP contribution in [0.3, 0.4) is 0 Å². The van der Waals surface area contributed by atoms with Crippen molar-refractivity contribution in [3.8, 4) is 80.2 Å². The van der Waals surface area contributed by atoms with Gasteiger partial charge in [0.25, 0.3) is 0 Å². The average Bonchev–Trinajstić information content (AvgIpc) is 1.83. The van der Waals surface area contributed by atoms with Gasteiger partial charge in [0.2, 0.25) is 0 Å². The summed E-state index contributed by atoms with van der Waals surface area (Å²) in [5.41, 5.74) is 17.4. The fourth-order valence-electron chi connectivity index (χ4n) is 13.4. The van der Waals surface area contributed by atoms with Crippen LogP contribution in [-0.2, 0) is 0 Å². The summed E-state index contributed by atoms with van der Waals surface area (Å²) >= 11 is 0. The molecule has 0 atom stereocenters. The van der Waals surface area contributed by atoms with Crippen LogP contribution in [0.5, 0.6) is 0 Å². The molecule has 0 saturated heterocycles. The smallest absolute Gasteiger partial charge is 0.166 e. The first-order chi connectivity index (χ1) is 42.6. The van der Waals surface area contributed by atoms with E-state index in [0.717, 1.165) is 127 Å². The maximum Gasteiger partial charge on any atom is 0.166 e. The summed E-state index contributed by atoms with van der Waals surface area (Å²) in [6.45, 7) is 0. The van der Waals surface area contributed by atoms with Gasteiger partial charge < -0.3 is 18.3 Å². The molecule has 0 spiro atoms. The monoisotopic (exact) mass is 1100 g/mol. The van der Waals surface area contributed by atoms with Gasteiger partial charge >= 0.3 is 0 Å². The Kier molecular flexibility index (Phi) is 10.8. The van der Waals surface area contributed by atoms with Crippen molar-refractivity contribution >= 4 is 87.2 Å². The highest BCUT2D eigenvalue weighted by atomic mass is 15.1. The van der Waals surface area contributed by atoms with Crippen LogP contribution in [0.1, 0.15) is 11.1 Å². The lowest BCUT2D eigenvalue weighted by Crippen LogP contribution is -2.06. The van der Waals surface area contributed by atoms with Crippen molar-refractivity contribution in [2.75, 3.05) is 0 Å². The van der Waals surface area contributed by atoms with Crippen molar-refractivity contribution < 1.29 is 0 Å². The number of para-hydroxylation sites is 6. The van der Waals surface area contributed by atoms with Gasteiger partial charge in [0, 0.05) is 71.2 Å². The molecule has 0 fully saturated rings. The second-order valence-electron chi connectivity index (χ2n) is 21.7. The molecular weight excluding hydrogens is 1050 g/mol. The Balaban J connectivity index is 0.961. The van der Waals surface area contributed by atoms with E-state index in [4.69, 9.17) is 15.0 Å². The van der Waals surface area contributed by atoms with E-state index >= 15 is 0 Å². The Hall–Kier alpha value is -12.2. The molecule has 0 aliphatic heterocycles. The van der Waals surface area contributed by atoms with Crippen LogP contribution >= 0.6 is 0 Å². The minimum Gasteiger partial charge on any atom is -0.309 e. The van der Waals surface area contributed by atoms with Crippen LogP contribution in [0.2, 0.25) is 0 Å². The second kappa shape index (κ2) is 19.2. The average molecular weight is 1100 g/mol. The molecule has 5 aromatic heterocycles. The van der Waals surface area contributed by atoms with Crippen molar-refractivity contribution in [2.24, 2.45) is 0 Å². The summed E-state index contributed by atoms with van der Waals surface area (Å²) < 4.78 is 9.43. The summed E-state index contributed by atoms with van der Waals surface area (Å²) in [5.74, 6) is 1.38. The molecule has 0 unspecified atom stereocenters. The first-order valence-corrected chi connectivity index (χ1v) is 28.6. The predicted molar refractivity (Wildman–Crippen MR) is 348 cm³/mol. The molecule has 0 aliphatic rings. The van der Waals surface area contributed by atoms with E-state index in [0.29, 0.717) is 34.2 Å². The number of nitriles is 2. The molecule has 0 radical (unpaired) electrons. The van der Waals surface area contributed by atoms with Crippen LogP contribution in [0.15, 0.2) is 273 Å². The molecule has 17 aromatic rings. The maximum absolute atomic E-state index is 10.8. The largest absolute Gasteiger partial charge is 0.309 e. The summed E-state index contributed by atoms with van der Waals surface area (Å²) in [4.78, 5) is 16.6. The molecule has 398 valence electrons. The predicted octanol–water partition coefficient (Wildman–Crippen LogP) is 18.7. The van der Waals surface area contributed by atoms with E-state index in [2.05, 4.69) is 231 Å². The van der Waals surface area contributed by atoms with E-state index in [1.165, 1.54) is 5.39 Å². The number of hydrogen-bond acceptors (Lipinski definition) is 5. The Labute approximate surface area is 492 Å². The maximum atomic E-state index is 10.8. The molecule has 5 heterocycles. The quantitative estimate of drug-likeness (QED) is 0.151. The van der Waals surface area contributed by atoms with Crippen LogP contribution in [0, 0.1) is 22.7 Å². The van der Waals surface area contributed by atoms with Crippen molar-refractivity contribution in [1.82, 2.24) is 33.2 Å². The molecule has 0 bridgehead atoms. The van der Waals surface area contributed by atoms with Gasteiger partial charge in [-0.25, -0.2) is 15.0 Å². The van der Waals surface area contributed by atoms with Gasteiger partial charge in [0.1, 0.15) is 0 Å². The number of hydrogen-bond donors (Lipinski definition) is 0. The van der Waals surface area contributed by atoms with Gasteiger partial charge in [0.05, 0.1) is 78.8 Å². The third-order valence-electron chi connectivity index (χ3n) is 17.1. The molecule has 17 rings (SSSR count). The third kappa shape index (κ3) is 7.32. The minimum absolute atomic E-state index is 0.435. The standard InChI is InChI=1S/C77H45N9/c78-46-48-32-35-50(36-33-48)52-37-41-67(85-65-30-16-12-26-59(65)71-68(85)42-39-57-55-24-10-14-28-63(55)83(73(57)71)53-20-6-2-7-21-53)62(45-52)77-81-75(51-18-4-1-5-19-51)80-76(82-77)61-38-34-49(47-79)44-70(61)86-66-31-17-13-27-60(66)72-69(86)43-40-58-56-25-11-15-29-64(56)84(74(58)72)54-22-8-3-9-23-54/h1-45H. The molecule has 0 saturated carbocycles. The number of benzene rings is 12. The topological polar surface area (TPSA) is 106 Å². The molecule has 9 nitrogen and oxygen atoms in total. The fraction of sp³-hybridized carbons (Fsp3) is 0. The van der Waals surface area contributed by atoms with E-state index in [9.17, 15) is 10.5 Å². The van der Waals surface area contributed by atoms with Gasteiger partial charge in [-0.05, 0) is 114 Å². The molecule has 0 aliphatic carbocycles. The third-order valence-corrected chi connectivity index (χ3v) is 17.1. The van der Waals surface area contributed by atoms with Gasteiger partial charge in [0.15, 0.2) is 17.5 Å². The van der Waals surface area contributed by atoms with Crippen molar-refractivity contribution in [3.63, 3.8) is 0 Å². The highest BCUT2D eigenvalue weighted by molar-refractivity contribution is 6.28. The normalized spacial score (nSPS) is 11.7. The molecule has 0 N–H and O–H groups in total. The zero-order valence-electron chi connectivity index (χ0n) is 46.0. The van der Waals surface area contributed by atoms with Crippen LogP contribution < -0.4 is 0 Å². The Morgan fingerprint density at radius 3 is 1.23 bits per heavy atom. The lowest BCUT2D eigenvalue weighted by Gasteiger charge is -2.18. The Morgan fingerprint density at radius 2 is 0.698 bits per heavy atom. The zero-order valence-corrected chi connectivity index (χ0v) is 46.0. The van der Waals surface area contributed by atoms with E-state index in [-0.39, 0.29) is 0 Å². The molecule has 12 aromatic carbocycles. The zero-order chi connectivity index (χ0) is 57.0. The summed E-state index contributed by atoms with van der Waals surface area (Å²) in [6, 6.07) is 99.5. The highest BCUT2D eigenvalue weighted by Crippen LogP contribution is 2.46. The lowest BCUT2D eigenvalue weighted by atomic mass is 9.99. The number of nitrogens with zero attached hydrogens (tertiary/aromatic N) is 9. The van der Waals surface area contributed by atoms with Gasteiger partial charge in [-0.15, -0.1) is 0 Å². The SMILES string of the molecule is N#Cc1ccc(-c2ccc(-n3c4ccccc4c4c3ccc3c5ccccc5n(-c5ccccc5)c34)c(-c3nc(-c4ccccc4)nc(-c4ccc(C#N)cc4-n4c5ccccc5c5c4ccc4c6ccccc6n(-c6ccccc6)c45)n3)c2)cc1. The number of fused-ring (bicyclic) bond motifs is 14. The highest BCUT2D eigenvalue weighted by Gasteiger charge is 2.27. The van der Waals surface area contributed by atoms with E-state index in [1.807, 2.05) is 72.8 Å². The van der Waals surface area contributed by atoms with Crippen LogP contribution in [0.25, 0.3) is 155 Å². The van der Waals surface area contributed by atoms with Crippen molar-refractivity contribution in [3.05, 3.63) is 284 Å².